The lowest BCUT2D eigenvalue weighted by Crippen LogP contribution is -2.42. The Labute approximate surface area is 168 Å². The molecule has 1 aromatic heterocycles. The van der Waals surface area contributed by atoms with Gasteiger partial charge < -0.3 is 14.5 Å². The van der Waals surface area contributed by atoms with E-state index in [0.29, 0.717) is 18.1 Å². The summed E-state index contributed by atoms with van der Waals surface area (Å²) in [5.41, 5.74) is 2.22. The first-order valence-electron chi connectivity index (χ1n) is 9.07. The van der Waals surface area contributed by atoms with E-state index in [1.807, 2.05) is 45.0 Å². The fourth-order valence-electron chi connectivity index (χ4n) is 2.48. The molecule has 2 rings (SSSR count). The van der Waals surface area contributed by atoms with Crippen molar-refractivity contribution in [3.63, 3.8) is 0 Å². The van der Waals surface area contributed by atoms with Crippen LogP contribution in [0.4, 0.5) is 0 Å². The van der Waals surface area contributed by atoms with E-state index in [1.54, 1.807) is 10.3 Å². The Morgan fingerprint density at radius 3 is 2.32 bits per heavy atom. The zero-order valence-corrected chi connectivity index (χ0v) is 17.4. The van der Waals surface area contributed by atoms with E-state index in [1.165, 1.54) is 23.3 Å². The van der Waals surface area contributed by atoms with Gasteiger partial charge in [-0.3, -0.25) is 9.59 Å². The van der Waals surface area contributed by atoms with Gasteiger partial charge in [0, 0.05) is 31.1 Å². The van der Waals surface area contributed by atoms with Crippen LogP contribution in [0.2, 0.25) is 0 Å². The van der Waals surface area contributed by atoms with E-state index >= 15 is 0 Å². The molecule has 0 saturated carbocycles. The summed E-state index contributed by atoms with van der Waals surface area (Å²) < 4.78 is 5.06. The van der Waals surface area contributed by atoms with Gasteiger partial charge >= 0.3 is 5.97 Å². The number of amides is 2. The van der Waals surface area contributed by atoms with Gasteiger partial charge in [-0.25, -0.2) is 9.78 Å². The average molecular weight is 404 g/mol. The summed E-state index contributed by atoms with van der Waals surface area (Å²) in [5.74, 6) is -1.25. The Balaban J connectivity index is 1.88. The average Bonchev–Trinajstić information content (AvgIpc) is 3.17. The van der Waals surface area contributed by atoms with Crippen LogP contribution in [0.25, 0.3) is 10.6 Å². The second-order valence-electron chi connectivity index (χ2n) is 6.30. The summed E-state index contributed by atoms with van der Waals surface area (Å²) >= 11 is 1.34. The molecule has 0 aliphatic heterocycles. The molecule has 150 valence electrons. The number of aromatic nitrogens is 1. The number of carbonyl (C=O) groups excluding carboxylic acids is 3. The van der Waals surface area contributed by atoms with Crippen LogP contribution in [0.1, 0.15) is 29.9 Å². The molecule has 0 N–H and O–H groups in total. The topological polar surface area (TPSA) is 79.8 Å². The number of thiazole rings is 1. The van der Waals surface area contributed by atoms with Crippen molar-refractivity contribution in [2.45, 2.75) is 20.8 Å². The highest BCUT2D eigenvalue weighted by Gasteiger charge is 2.19. The van der Waals surface area contributed by atoms with Crippen molar-refractivity contribution in [2.24, 2.45) is 0 Å². The van der Waals surface area contributed by atoms with Crippen molar-refractivity contribution in [1.82, 2.24) is 14.8 Å². The maximum atomic E-state index is 12.2. The van der Waals surface area contributed by atoms with E-state index in [2.05, 4.69) is 4.98 Å². The minimum Gasteiger partial charge on any atom is -0.451 e. The fraction of sp³-hybridized carbons (Fsp3) is 0.400. The molecule has 2 aromatic rings. The highest BCUT2D eigenvalue weighted by atomic mass is 32.1. The third-order valence-electron chi connectivity index (χ3n) is 4.25. The number of esters is 1. The number of nitrogens with zero attached hydrogens (tertiary/aromatic N) is 3. The maximum absolute atomic E-state index is 12.2. The van der Waals surface area contributed by atoms with Crippen LogP contribution in [0.5, 0.6) is 0 Å². The number of rotatable bonds is 8. The van der Waals surface area contributed by atoms with Crippen molar-refractivity contribution in [3.05, 3.63) is 40.9 Å². The molecular formula is C20H25N3O4S. The van der Waals surface area contributed by atoms with Crippen LogP contribution in [-0.4, -0.2) is 65.9 Å². The summed E-state index contributed by atoms with van der Waals surface area (Å²) in [5, 5.41) is 2.32. The third-order valence-corrected chi connectivity index (χ3v) is 5.14. The molecule has 0 unspecified atom stereocenters. The van der Waals surface area contributed by atoms with Crippen LogP contribution < -0.4 is 0 Å². The maximum Gasteiger partial charge on any atom is 0.358 e. The zero-order chi connectivity index (χ0) is 20.7. The molecule has 2 amide bonds. The lowest BCUT2D eigenvalue weighted by atomic mass is 10.2. The third kappa shape index (κ3) is 5.63. The zero-order valence-electron chi connectivity index (χ0n) is 16.6. The molecular weight excluding hydrogens is 378 g/mol. The van der Waals surface area contributed by atoms with Crippen LogP contribution in [0.3, 0.4) is 0 Å². The Morgan fingerprint density at radius 1 is 1.07 bits per heavy atom. The largest absolute Gasteiger partial charge is 0.451 e. The minimum atomic E-state index is -0.661. The Morgan fingerprint density at radius 2 is 1.71 bits per heavy atom. The number of benzene rings is 1. The standard InChI is InChI=1S/C20H25N3O4S/c1-5-23(6-2)17(24)11-22(4)18(25)12-27-20(26)16-13-28-19(21-16)15-9-7-14(3)8-10-15/h7-10,13H,5-6,11-12H2,1-4H3. The van der Waals surface area contributed by atoms with Crippen molar-refractivity contribution in [1.29, 1.82) is 0 Å². The summed E-state index contributed by atoms with van der Waals surface area (Å²) in [4.78, 5) is 43.5. The molecule has 0 radical (unpaired) electrons. The first-order valence-corrected chi connectivity index (χ1v) is 9.95. The number of likely N-dealkylation sites (N-methyl/N-ethyl adjacent to an activating group) is 2. The summed E-state index contributed by atoms with van der Waals surface area (Å²) in [6.07, 6.45) is 0. The van der Waals surface area contributed by atoms with Crippen molar-refractivity contribution >= 4 is 29.1 Å². The van der Waals surface area contributed by atoms with Crippen molar-refractivity contribution in [3.8, 4) is 10.6 Å². The highest BCUT2D eigenvalue weighted by Crippen LogP contribution is 2.24. The molecule has 28 heavy (non-hydrogen) atoms. The van der Waals surface area contributed by atoms with E-state index in [9.17, 15) is 14.4 Å². The van der Waals surface area contributed by atoms with Gasteiger partial charge in [0.2, 0.25) is 5.91 Å². The lowest BCUT2D eigenvalue weighted by molar-refractivity contribution is -0.140. The van der Waals surface area contributed by atoms with Gasteiger partial charge in [0.1, 0.15) is 5.01 Å². The highest BCUT2D eigenvalue weighted by molar-refractivity contribution is 7.13. The fourth-order valence-corrected chi connectivity index (χ4v) is 3.27. The van der Waals surface area contributed by atoms with Crippen LogP contribution in [0.15, 0.2) is 29.6 Å². The van der Waals surface area contributed by atoms with Gasteiger partial charge in [-0.15, -0.1) is 11.3 Å². The van der Waals surface area contributed by atoms with Crippen LogP contribution in [-0.2, 0) is 14.3 Å². The van der Waals surface area contributed by atoms with Gasteiger partial charge in [-0.1, -0.05) is 29.8 Å². The van der Waals surface area contributed by atoms with E-state index < -0.39 is 18.5 Å². The molecule has 0 aliphatic carbocycles. The smallest absolute Gasteiger partial charge is 0.358 e. The van der Waals surface area contributed by atoms with Gasteiger partial charge in [-0.05, 0) is 20.8 Å². The normalized spacial score (nSPS) is 10.4. The van der Waals surface area contributed by atoms with Gasteiger partial charge in [0.05, 0.1) is 6.54 Å². The first kappa shape index (κ1) is 21.6. The van der Waals surface area contributed by atoms with E-state index in [0.717, 1.165) is 11.1 Å². The van der Waals surface area contributed by atoms with Gasteiger partial charge in [0.25, 0.3) is 5.91 Å². The molecule has 7 nitrogen and oxygen atoms in total. The molecule has 1 aromatic carbocycles. The Kier molecular flexibility index (Phi) is 7.69. The summed E-state index contributed by atoms with van der Waals surface area (Å²) in [7, 11) is 1.51. The number of hydrogen-bond donors (Lipinski definition) is 0. The Hall–Kier alpha value is -2.74. The van der Waals surface area contributed by atoms with Crippen LogP contribution in [0, 0.1) is 6.92 Å². The number of ether oxygens (including phenoxy) is 1. The van der Waals surface area contributed by atoms with Crippen LogP contribution >= 0.6 is 11.3 Å². The summed E-state index contributed by atoms with van der Waals surface area (Å²) in [6.45, 7) is 6.44. The predicted octanol–water partition coefficient (Wildman–Crippen LogP) is 2.60. The molecule has 0 fully saturated rings. The first-order chi connectivity index (χ1) is 13.3. The molecule has 8 heteroatoms. The minimum absolute atomic E-state index is 0.0493. The molecule has 0 aliphatic rings. The molecule has 0 atom stereocenters. The number of carbonyl (C=O) groups is 3. The van der Waals surface area contributed by atoms with Gasteiger partial charge in [-0.2, -0.15) is 0 Å². The van der Waals surface area contributed by atoms with Crippen molar-refractivity contribution in [2.75, 3.05) is 33.3 Å². The summed E-state index contributed by atoms with van der Waals surface area (Å²) in [6, 6.07) is 7.83. The van der Waals surface area contributed by atoms with Crippen molar-refractivity contribution < 1.29 is 19.1 Å². The lowest BCUT2D eigenvalue weighted by Gasteiger charge is -2.23. The molecule has 0 bridgehead atoms. The molecule has 0 saturated heterocycles. The second-order valence-corrected chi connectivity index (χ2v) is 7.15. The van der Waals surface area contributed by atoms with Gasteiger partial charge in [0.15, 0.2) is 12.3 Å². The monoisotopic (exact) mass is 403 g/mol. The second kappa shape index (κ2) is 9.98. The SMILES string of the molecule is CCN(CC)C(=O)CN(C)C(=O)COC(=O)c1csc(-c2ccc(C)cc2)n1. The number of hydrogen-bond acceptors (Lipinski definition) is 6. The molecule has 1 heterocycles. The predicted molar refractivity (Wildman–Crippen MR) is 108 cm³/mol. The quantitative estimate of drug-likeness (QED) is 0.633. The van der Waals surface area contributed by atoms with E-state index in [-0.39, 0.29) is 18.1 Å². The van der Waals surface area contributed by atoms with E-state index in [4.69, 9.17) is 4.74 Å². The molecule has 0 spiro atoms. The Bertz CT molecular complexity index is 828. The number of aryl methyl sites for hydroxylation is 1.